The quantitative estimate of drug-likeness (QED) is 0.131. The molecule has 2 aromatic heterocycles. The number of thiol groups is 1. The van der Waals surface area contributed by atoms with E-state index < -0.39 is 31.9 Å². The number of aliphatic hydroxyl groups is 1. The molecule has 45 heavy (non-hydrogen) atoms. The van der Waals surface area contributed by atoms with Crippen LogP contribution in [0.4, 0.5) is 5.69 Å². The normalized spacial score (nSPS) is 12.2. The van der Waals surface area contributed by atoms with Gasteiger partial charge in [-0.25, -0.2) is 21.1 Å². The van der Waals surface area contributed by atoms with E-state index >= 15 is 0 Å². The van der Waals surface area contributed by atoms with Crippen molar-refractivity contribution >= 4 is 55.8 Å². The molecule has 3 N–H and O–H groups in total. The molecule has 0 radical (unpaired) electrons. The molecule has 0 aliphatic carbocycles. The molecular weight excluding hydrogens is 641 g/mol. The third kappa shape index (κ3) is 6.75. The Kier molecular flexibility index (Phi) is 10.4. The van der Waals surface area contributed by atoms with Gasteiger partial charge in [0.1, 0.15) is 5.69 Å². The van der Waals surface area contributed by atoms with Crippen molar-refractivity contribution < 1.29 is 35.9 Å². The summed E-state index contributed by atoms with van der Waals surface area (Å²) in [5.74, 6) is -1.11. The van der Waals surface area contributed by atoms with Crippen LogP contribution in [0, 0.1) is 0 Å². The van der Waals surface area contributed by atoms with Gasteiger partial charge in [-0.1, -0.05) is 38.6 Å². The minimum Gasteiger partial charge on any atom is -0.395 e. The largest absolute Gasteiger partial charge is 0.395 e. The predicted octanol–water partition coefficient (Wildman–Crippen LogP) is 1.76. The van der Waals surface area contributed by atoms with Crippen LogP contribution in [0.25, 0.3) is 11.3 Å². The van der Waals surface area contributed by atoms with Gasteiger partial charge in [-0.2, -0.15) is 13.3 Å². The summed E-state index contributed by atoms with van der Waals surface area (Å²) in [6.45, 7) is 3.82. The lowest BCUT2D eigenvalue weighted by molar-refractivity contribution is -0.514. The molecule has 2 heterocycles. The minimum atomic E-state index is -3.81. The number of carbonyl (C=O) groups excluding carboxylic acids is 2. The molecule has 0 aliphatic heterocycles. The van der Waals surface area contributed by atoms with Crippen LogP contribution >= 0.6 is 12.6 Å². The fourth-order valence-electron chi connectivity index (χ4n) is 4.68. The predicted molar refractivity (Wildman–Crippen MR) is 171 cm³/mol. The second kappa shape index (κ2) is 13.7. The zero-order valence-corrected chi connectivity index (χ0v) is 27.7. The Morgan fingerprint density at radius 2 is 1.56 bits per heavy atom. The molecule has 2 amide bonds. The summed E-state index contributed by atoms with van der Waals surface area (Å²) in [4.78, 5) is 26.6. The second-order valence-electron chi connectivity index (χ2n) is 9.99. The molecule has 0 atom stereocenters. The lowest BCUT2D eigenvalue weighted by Crippen LogP contribution is -2.32. The zero-order valence-electron chi connectivity index (χ0n) is 25.1. The zero-order chi connectivity index (χ0) is 33.1. The van der Waals surface area contributed by atoms with E-state index in [2.05, 4.69) is 23.3 Å². The SMILES string of the molecule is CCN(CC)S(=O)(=O)c1cccc(NC(=O)c2c(S)n(-c3cccc(S(=O)(=O)N(C)C)c3)c3cc(C(=O)NCCO)cc[n+]23)c1. The number of pyridine rings is 1. The average Bonchev–Trinajstić information content (AvgIpc) is 3.31. The fourth-order valence-corrected chi connectivity index (χ4v) is 7.55. The van der Waals surface area contributed by atoms with E-state index in [1.807, 2.05) is 0 Å². The van der Waals surface area contributed by atoms with Gasteiger partial charge in [0.25, 0.3) is 17.2 Å². The van der Waals surface area contributed by atoms with E-state index in [9.17, 15) is 26.4 Å². The topological polar surface area (TPSA) is 162 Å². The van der Waals surface area contributed by atoms with Gasteiger partial charge in [-0.05, 0) is 36.4 Å². The molecule has 240 valence electrons. The van der Waals surface area contributed by atoms with E-state index in [0.717, 1.165) is 4.31 Å². The molecule has 4 rings (SSSR count). The van der Waals surface area contributed by atoms with E-state index in [1.54, 1.807) is 32.0 Å². The molecular formula is C29H35N6O7S3+. The van der Waals surface area contributed by atoms with Crippen LogP contribution in [-0.2, 0) is 20.0 Å². The number of fused-ring (bicyclic) bond motifs is 1. The summed E-state index contributed by atoms with van der Waals surface area (Å²) < 4.78 is 57.4. The maximum absolute atomic E-state index is 13.8. The highest BCUT2D eigenvalue weighted by molar-refractivity contribution is 7.89. The number of nitrogens with zero attached hydrogens (tertiary/aromatic N) is 4. The molecule has 0 bridgehead atoms. The molecule has 2 aromatic carbocycles. The molecule has 0 saturated heterocycles. The standard InChI is InChI=1S/C29H34N6O7S3/c1-5-33(6-2)45(41,42)23-11-7-9-21(18-23)31-28(38)26-29(43)35(22-10-8-12-24(19-22)44(39,40)32(3)4)25-17-20(13-15-34(25)26)27(37)30-14-16-36/h7-13,15,17-19,36H,5-6,14,16H2,1-4H3,(H2-,30,31,37,38,43)/p+1. The van der Waals surface area contributed by atoms with Crippen molar-refractivity contribution in [2.75, 3.05) is 45.7 Å². The van der Waals surface area contributed by atoms with Crippen molar-refractivity contribution in [2.24, 2.45) is 0 Å². The molecule has 16 heteroatoms. The number of nitrogens with one attached hydrogen (secondary N) is 2. The van der Waals surface area contributed by atoms with Gasteiger partial charge in [0.2, 0.25) is 25.1 Å². The Morgan fingerprint density at radius 3 is 2.18 bits per heavy atom. The van der Waals surface area contributed by atoms with Crippen LogP contribution in [0.5, 0.6) is 0 Å². The number of aliphatic hydroxyl groups excluding tert-OH is 1. The molecule has 0 fully saturated rings. The van der Waals surface area contributed by atoms with Gasteiger partial charge in [-0.3, -0.25) is 9.59 Å². The fraction of sp³-hybridized carbons (Fsp3) is 0.276. The molecule has 4 aromatic rings. The number of sulfonamides is 2. The number of hydrogen-bond acceptors (Lipinski definition) is 8. The first kappa shape index (κ1) is 34.1. The van der Waals surface area contributed by atoms with Gasteiger partial charge in [0.05, 0.1) is 28.2 Å². The minimum absolute atomic E-state index is 0.00125. The summed E-state index contributed by atoms with van der Waals surface area (Å²) in [6.07, 6.45) is 1.50. The van der Waals surface area contributed by atoms with Crippen molar-refractivity contribution in [1.82, 2.24) is 18.5 Å². The van der Waals surface area contributed by atoms with Crippen LogP contribution in [0.15, 0.2) is 81.7 Å². The maximum Gasteiger partial charge on any atom is 0.301 e. The molecule has 13 nitrogen and oxygen atoms in total. The molecule has 0 aliphatic rings. The maximum atomic E-state index is 13.8. The Bertz CT molecular complexity index is 1970. The van der Waals surface area contributed by atoms with E-state index in [4.69, 9.17) is 5.11 Å². The van der Waals surface area contributed by atoms with Crippen LogP contribution in [-0.4, -0.2) is 87.3 Å². The number of aromatic nitrogens is 2. The molecule has 0 unspecified atom stereocenters. The number of carbonyl (C=O) groups is 2. The number of benzene rings is 2. The molecule has 0 saturated carbocycles. The highest BCUT2D eigenvalue weighted by Gasteiger charge is 2.32. The Morgan fingerprint density at radius 1 is 0.911 bits per heavy atom. The van der Waals surface area contributed by atoms with E-state index in [0.29, 0.717) is 11.3 Å². The smallest absolute Gasteiger partial charge is 0.301 e. The Balaban J connectivity index is 1.87. The number of anilines is 1. The third-order valence-electron chi connectivity index (χ3n) is 6.99. The Labute approximate surface area is 267 Å². The lowest BCUT2D eigenvalue weighted by atomic mass is 10.2. The second-order valence-corrected chi connectivity index (χ2v) is 14.5. The van der Waals surface area contributed by atoms with Crippen molar-refractivity contribution in [3.8, 4) is 5.69 Å². The van der Waals surface area contributed by atoms with Gasteiger partial charge in [0, 0.05) is 51.5 Å². The van der Waals surface area contributed by atoms with E-state index in [1.165, 1.54) is 76.0 Å². The van der Waals surface area contributed by atoms with Gasteiger partial charge >= 0.3 is 5.91 Å². The number of hydrogen-bond donors (Lipinski definition) is 4. The summed E-state index contributed by atoms with van der Waals surface area (Å²) in [7, 11) is -4.78. The van der Waals surface area contributed by atoms with Gasteiger partial charge < -0.3 is 15.7 Å². The van der Waals surface area contributed by atoms with Gasteiger partial charge in [0.15, 0.2) is 0 Å². The van der Waals surface area contributed by atoms with Crippen molar-refractivity contribution in [3.63, 3.8) is 0 Å². The van der Waals surface area contributed by atoms with Crippen LogP contribution in [0.2, 0.25) is 0 Å². The van der Waals surface area contributed by atoms with Crippen LogP contribution in [0.1, 0.15) is 34.7 Å². The summed E-state index contributed by atoms with van der Waals surface area (Å²) in [5.41, 5.74) is 1.13. The third-order valence-corrected chi connectivity index (χ3v) is 11.3. The monoisotopic (exact) mass is 675 g/mol. The summed E-state index contributed by atoms with van der Waals surface area (Å²) in [5, 5.41) is 14.6. The summed E-state index contributed by atoms with van der Waals surface area (Å²) in [6, 6.07) is 14.9. The highest BCUT2D eigenvalue weighted by atomic mass is 32.2. The molecule has 0 spiro atoms. The number of rotatable bonds is 12. The van der Waals surface area contributed by atoms with Crippen molar-refractivity contribution in [2.45, 2.75) is 28.7 Å². The lowest BCUT2D eigenvalue weighted by Gasteiger charge is -2.18. The first-order chi connectivity index (χ1) is 21.3. The first-order valence-electron chi connectivity index (χ1n) is 13.9. The number of amides is 2. The number of imidazole rings is 1. The average molecular weight is 676 g/mol. The summed E-state index contributed by atoms with van der Waals surface area (Å²) >= 11 is 4.68. The Hall–Kier alpha value is -3.80. The van der Waals surface area contributed by atoms with Crippen molar-refractivity contribution in [1.29, 1.82) is 0 Å². The van der Waals surface area contributed by atoms with Crippen LogP contribution in [0.3, 0.4) is 0 Å². The van der Waals surface area contributed by atoms with Gasteiger partial charge in [-0.15, -0.1) is 0 Å². The van der Waals surface area contributed by atoms with E-state index in [-0.39, 0.29) is 58.0 Å². The van der Waals surface area contributed by atoms with Crippen LogP contribution < -0.4 is 15.0 Å². The van der Waals surface area contributed by atoms with Crippen molar-refractivity contribution in [3.05, 3.63) is 78.1 Å². The first-order valence-corrected chi connectivity index (χ1v) is 17.2. The highest BCUT2D eigenvalue weighted by Crippen LogP contribution is 2.26.